The molecule has 0 saturated heterocycles. The molecule has 1 aliphatic heterocycles. The van der Waals surface area contributed by atoms with Crippen LogP contribution in [0, 0.1) is 0 Å². The number of benzene rings is 1. The van der Waals surface area contributed by atoms with Gasteiger partial charge in [-0.1, -0.05) is 43.2 Å². The van der Waals surface area contributed by atoms with Crippen LogP contribution in [0.1, 0.15) is 58.9 Å². The van der Waals surface area contributed by atoms with Crippen LogP contribution in [0.25, 0.3) is 0 Å². The third kappa shape index (κ3) is 4.70. The molecule has 1 saturated carbocycles. The van der Waals surface area contributed by atoms with Gasteiger partial charge in [-0.2, -0.15) is 9.97 Å². The van der Waals surface area contributed by atoms with Gasteiger partial charge in [-0.15, -0.1) is 5.53 Å². The number of fused-ring (bicyclic) bond motifs is 1. The summed E-state index contributed by atoms with van der Waals surface area (Å²) in [5, 5.41) is 11.4. The van der Waals surface area contributed by atoms with Gasteiger partial charge in [0.15, 0.2) is 11.6 Å². The Morgan fingerprint density at radius 3 is 2.42 bits per heavy atom. The van der Waals surface area contributed by atoms with Gasteiger partial charge in [0.25, 0.3) is 0 Å². The first-order valence-electron chi connectivity index (χ1n) is 11.5. The number of hydrogen-bond donors (Lipinski definition) is 4. The number of rotatable bonds is 7. The van der Waals surface area contributed by atoms with Crippen molar-refractivity contribution in [1.82, 2.24) is 15.5 Å². The lowest BCUT2D eigenvalue weighted by Crippen LogP contribution is -2.50. The first-order valence-corrected chi connectivity index (χ1v) is 11.5. The molecule has 0 amide bonds. The van der Waals surface area contributed by atoms with Crippen molar-refractivity contribution in [3.05, 3.63) is 35.9 Å². The maximum Gasteiger partial charge on any atom is 0.227 e. The molecular formula is C23H36N8. The molecule has 5 N–H and O–H groups in total. The van der Waals surface area contributed by atoms with Crippen LogP contribution < -0.4 is 31.9 Å². The van der Waals surface area contributed by atoms with Crippen molar-refractivity contribution in [3.63, 3.8) is 0 Å². The molecular weight excluding hydrogens is 388 g/mol. The number of anilines is 4. The van der Waals surface area contributed by atoms with Gasteiger partial charge in [-0.05, 0) is 46.1 Å². The number of nitrogens with two attached hydrogens (primary N) is 1. The molecule has 1 fully saturated rings. The minimum atomic E-state index is 0.137. The molecule has 4 rings (SSSR count). The molecule has 1 aliphatic carbocycles. The molecule has 2 atom stereocenters. The van der Waals surface area contributed by atoms with E-state index >= 15 is 0 Å². The van der Waals surface area contributed by atoms with Crippen LogP contribution in [-0.2, 0) is 6.54 Å². The fraction of sp³-hybridized carbons (Fsp3) is 0.565. The number of hydrogen-bond acceptors (Lipinski definition) is 8. The molecule has 1 aromatic heterocycles. The topological polar surface area (TPSA) is 94.4 Å². The van der Waals surface area contributed by atoms with Crippen LogP contribution >= 0.6 is 0 Å². The zero-order valence-corrected chi connectivity index (χ0v) is 19.1. The SMILES string of the molecule is CC(C)N1NN(C(C)C)c2c(NCc3ccccc3)nc(NC3CCCCC3N)nc21. The summed E-state index contributed by atoms with van der Waals surface area (Å²) in [5.41, 5.74) is 12.1. The number of nitrogens with one attached hydrogen (secondary N) is 3. The Bertz CT molecular complexity index is 869. The van der Waals surface area contributed by atoms with Crippen LogP contribution in [0.3, 0.4) is 0 Å². The van der Waals surface area contributed by atoms with Crippen molar-refractivity contribution >= 4 is 23.3 Å². The molecule has 2 aliphatic rings. The second-order valence-electron chi connectivity index (χ2n) is 9.13. The molecule has 1 aromatic carbocycles. The maximum absolute atomic E-state index is 6.38. The van der Waals surface area contributed by atoms with Gasteiger partial charge >= 0.3 is 0 Å². The molecule has 168 valence electrons. The lowest BCUT2D eigenvalue weighted by atomic mass is 9.91. The predicted octanol–water partition coefficient (Wildman–Crippen LogP) is 3.63. The first kappa shape index (κ1) is 21.6. The zero-order chi connectivity index (χ0) is 22.0. The summed E-state index contributed by atoms with van der Waals surface area (Å²) in [5.74, 6) is 2.35. The van der Waals surface area contributed by atoms with Crippen LogP contribution in [0.5, 0.6) is 0 Å². The quantitative estimate of drug-likeness (QED) is 0.535. The summed E-state index contributed by atoms with van der Waals surface area (Å²) < 4.78 is 0. The molecule has 2 aromatic rings. The molecule has 2 heterocycles. The van der Waals surface area contributed by atoms with Gasteiger partial charge in [0.1, 0.15) is 5.69 Å². The van der Waals surface area contributed by atoms with E-state index in [1.165, 1.54) is 18.4 Å². The van der Waals surface area contributed by atoms with E-state index in [9.17, 15) is 0 Å². The van der Waals surface area contributed by atoms with Crippen molar-refractivity contribution in [2.75, 3.05) is 20.7 Å². The highest BCUT2D eigenvalue weighted by molar-refractivity contribution is 5.83. The molecule has 0 radical (unpaired) electrons. The highest BCUT2D eigenvalue weighted by atomic mass is 15.8. The standard InChI is InChI=1S/C23H36N8/c1-15(2)30-20-21(25-14-17-10-6-5-7-11-17)27-23(26-19-13-9-8-12-18(19)24)28-22(20)31(29-30)16(3)4/h5-7,10-11,15-16,18-19,29H,8-9,12-14,24H2,1-4H3,(H2,25,26,27,28). The monoisotopic (exact) mass is 424 g/mol. The normalized spacial score (nSPS) is 21.0. The molecule has 31 heavy (non-hydrogen) atoms. The van der Waals surface area contributed by atoms with E-state index in [1.807, 2.05) is 6.07 Å². The van der Waals surface area contributed by atoms with E-state index in [2.05, 4.69) is 78.1 Å². The van der Waals surface area contributed by atoms with Crippen molar-refractivity contribution in [2.24, 2.45) is 5.73 Å². The van der Waals surface area contributed by atoms with Gasteiger partial charge in [0.05, 0.1) is 0 Å². The summed E-state index contributed by atoms with van der Waals surface area (Å²) in [4.78, 5) is 9.85. The predicted molar refractivity (Wildman–Crippen MR) is 128 cm³/mol. The number of nitrogens with zero attached hydrogens (tertiary/aromatic N) is 4. The summed E-state index contributed by atoms with van der Waals surface area (Å²) in [7, 11) is 0. The van der Waals surface area contributed by atoms with E-state index in [-0.39, 0.29) is 24.2 Å². The average Bonchev–Trinajstić information content (AvgIpc) is 3.15. The third-order valence-electron chi connectivity index (χ3n) is 6.02. The van der Waals surface area contributed by atoms with Crippen molar-refractivity contribution in [2.45, 2.75) is 84.1 Å². The Morgan fingerprint density at radius 2 is 1.74 bits per heavy atom. The van der Waals surface area contributed by atoms with Crippen LogP contribution in [-0.4, -0.2) is 34.1 Å². The Morgan fingerprint density at radius 1 is 1.03 bits per heavy atom. The molecule has 0 bridgehead atoms. The minimum absolute atomic E-state index is 0.137. The van der Waals surface area contributed by atoms with Crippen LogP contribution in [0.15, 0.2) is 30.3 Å². The third-order valence-corrected chi connectivity index (χ3v) is 6.02. The molecule has 8 heteroatoms. The minimum Gasteiger partial charge on any atom is -0.364 e. The van der Waals surface area contributed by atoms with Gasteiger partial charge in [0.2, 0.25) is 5.95 Å². The van der Waals surface area contributed by atoms with Crippen LogP contribution in [0.2, 0.25) is 0 Å². The van der Waals surface area contributed by atoms with Gasteiger partial charge < -0.3 is 16.4 Å². The van der Waals surface area contributed by atoms with Gasteiger partial charge in [-0.3, -0.25) is 10.0 Å². The van der Waals surface area contributed by atoms with E-state index < -0.39 is 0 Å². The van der Waals surface area contributed by atoms with Crippen LogP contribution in [0.4, 0.5) is 23.3 Å². The first-order chi connectivity index (χ1) is 14.9. The molecule has 8 nitrogen and oxygen atoms in total. The maximum atomic E-state index is 6.38. The smallest absolute Gasteiger partial charge is 0.227 e. The average molecular weight is 425 g/mol. The number of aromatic nitrogens is 2. The Hall–Kier alpha value is -2.58. The Labute approximate surface area is 185 Å². The molecule has 2 unspecified atom stereocenters. The summed E-state index contributed by atoms with van der Waals surface area (Å²) in [6.07, 6.45) is 4.49. The van der Waals surface area contributed by atoms with Gasteiger partial charge in [-0.25, -0.2) is 0 Å². The van der Waals surface area contributed by atoms with E-state index in [4.69, 9.17) is 15.7 Å². The summed E-state index contributed by atoms with van der Waals surface area (Å²) >= 11 is 0. The van der Waals surface area contributed by atoms with E-state index in [0.29, 0.717) is 12.5 Å². The molecule has 0 spiro atoms. The second-order valence-corrected chi connectivity index (χ2v) is 9.13. The van der Waals surface area contributed by atoms with Crippen molar-refractivity contribution in [1.29, 1.82) is 0 Å². The Balaban J connectivity index is 1.69. The fourth-order valence-electron chi connectivity index (χ4n) is 4.25. The Kier molecular flexibility index (Phi) is 6.48. The lowest BCUT2D eigenvalue weighted by molar-refractivity contribution is 0.402. The lowest BCUT2D eigenvalue weighted by Gasteiger charge is -2.29. The fourth-order valence-corrected chi connectivity index (χ4v) is 4.25. The van der Waals surface area contributed by atoms with Gasteiger partial charge in [0, 0.05) is 30.7 Å². The largest absolute Gasteiger partial charge is 0.364 e. The van der Waals surface area contributed by atoms with E-state index in [0.717, 1.165) is 30.2 Å². The number of hydrazine groups is 2. The van der Waals surface area contributed by atoms with E-state index in [1.54, 1.807) is 0 Å². The zero-order valence-electron chi connectivity index (χ0n) is 19.1. The summed E-state index contributed by atoms with van der Waals surface area (Å²) in [6, 6.07) is 11.2. The van der Waals surface area contributed by atoms with Crippen molar-refractivity contribution < 1.29 is 0 Å². The highest BCUT2D eigenvalue weighted by Gasteiger charge is 2.35. The second kappa shape index (κ2) is 9.28. The summed E-state index contributed by atoms with van der Waals surface area (Å²) in [6.45, 7) is 9.33. The highest BCUT2D eigenvalue weighted by Crippen LogP contribution is 2.40. The van der Waals surface area contributed by atoms with Crippen molar-refractivity contribution in [3.8, 4) is 0 Å².